The van der Waals surface area contributed by atoms with Gasteiger partial charge in [-0.1, -0.05) is 36.4 Å². The number of anilines is 1. The molecular formula is C21H17NO3. The molecule has 0 aliphatic rings. The molecule has 4 rings (SSSR count). The van der Waals surface area contributed by atoms with E-state index in [0.29, 0.717) is 22.6 Å². The Kier molecular flexibility index (Phi) is 3.65. The Bertz CT molecular complexity index is 1090. The van der Waals surface area contributed by atoms with Crippen LogP contribution in [0.4, 0.5) is 5.69 Å². The van der Waals surface area contributed by atoms with Gasteiger partial charge in [-0.2, -0.15) is 0 Å². The normalized spacial score (nSPS) is 11.0. The summed E-state index contributed by atoms with van der Waals surface area (Å²) < 4.78 is 11.3. The highest BCUT2D eigenvalue weighted by Gasteiger charge is 2.17. The molecule has 124 valence electrons. The van der Waals surface area contributed by atoms with Crippen LogP contribution < -0.4 is 10.1 Å². The quantitative estimate of drug-likeness (QED) is 0.564. The van der Waals surface area contributed by atoms with E-state index in [4.69, 9.17) is 9.15 Å². The van der Waals surface area contributed by atoms with Gasteiger partial charge in [-0.05, 0) is 36.8 Å². The predicted octanol–water partition coefficient (Wildman–Crippen LogP) is 5.16. The van der Waals surface area contributed by atoms with Gasteiger partial charge >= 0.3 is 0 Å². The summed E-state index contributed by atoms with van der Waals surface area (Å²) in [5, 5.41) is 4.86. The van der Waals surface area contributed by atoms with Crippen molar-refractivity contribution in [3.63, 3.8) is 0 Å². The van der Waals surface area contributed by atoms with Gasteiger partial charge in [0, 0.05) is 10.8 Å². The Morgan fingerprint density at radius 2 is 1.80 bits per heavy atom. The predicted molar refractivity (Wildman–Crippen MR) is 99.4 cm³/mol. The minimum Gasteiger partial charge on any atom is -0.495 e. The standard InChI is InChI=1S/C21H17NO3/c1-13-10-11-19(24-2)17(12-13)22-21(23)16-8-5-7-15-14-6-3-4-9-18(14)25-20(15)16/h3-12H,1-2H3,(H,22,23). The van der Waals surface area contributed by atoms with Crippen molar-refractivity contribution in [2.24, 2.45) is 0 Å². The average molecular weight is 331 g/mol. The van der Waals surface area contributed by atoms with Crippen LogP contribution >= 0.6 is 0 Å². The van der Waals surface area contributed by atoms with Crippen LogP contribution in [0.2, 0.25) is 0 Å². The van der Waals surface area contributed by atoms with E-state index in [1.165, 1.54) is 0 Å². The maximum atomic E-state index is 12.9. The van der Waals surface area contributed by atoms with Crippen molar-refractivity contribution in [2.75, 3.05) is 12.4 Å². The SMILES string of the molecule is COc1ccc(C)cc1NC(=O)c1cccc2c1oc1ccccc12. The first-order valence-electron chi connectivity index (χ1n) is 8.03. The maximum Gasteiger partial charge on any atom is 0.259 e. The molecule has 1 amide bonds. The molecule has 0 radical (unpaired) electrons. The number of fused-ring (bicyclic) bond motifs is 3. The Hall–Kier alpha value is -3.27. The molecule has 3 aromatic carbocycles. The molecule has 0 unspecified atom stereocenters. The monoisotopic (exact) mass is 331 g/mol. The maximum absolute atomic E-state index is 12.9. The van der Waals surface area contributed by atoms with Gasteiger partial charge in [0.05, 0.1) is 18.4 Å². The number of carbonyl (C=O) groups is 1. The molecular weight excluding hydrogens is 314 g/mol. The van der Waals surface area contributed by atoms with Crippen LogP contribution in [0.25, 0.3) is 21.9 Å². The molecule has 1 aromatic heterocycles. The summed E-state index contributed by atoms with van der Waals surface area (Å²) in [6, 6.07) is 19.0. The molecule has 0 aliphatic carbocycles. The van der Waals surface area contributed by atoms with E-state index in [0.717, 1.165) is 21.9 Å². The number of carbonyl (C=O) groups excluding carboxylic acids is 1. The van der Waals surface area contributed by atoms with Crippen molar-refractivity contribution in [1.82, 2.24) is 0 Å². The highest BCUT2D eigenvalue weighted by molar-refractivity contribution is 6.16. The summed E-state index contributed by atoms with van der Waals surface area (Å²) in [5.74, 6) is 0.393. The Balaban J connectivity index is 1.79. The fourth-order valence-electron chi connectivity index (χ4n) is 3.04. The van der Waals surface area contributed by atoms with Crippen LogP contribution in [0.1, 0.15) is 15.9 Å². The minimum atomic E-state index is -0.228. The van der Waals surface area contributed by atoms with Crippen LogP contribution in [0, 0.1) is 6.92 Å². The van der Waals surface area contributed by atoms with Gasteiger partial charge < -0.3 is 14.5 Å². The van der Waals surface area contributed by atoms with E-state index >= 15 is 0 Å². The number of hydrogen-bond acceptors (Lipinski definition) is 3. The first-order chi connectivity index (χ1) is 12.2. The average Bonchev–Trinajstić information content (AvgIpc) is 3.00. The number of furan rings is 1. The summed E-state index contributed by atoms with van der Waals surface area (Å²) in [6.45, 7) is 1.97. The molecule has 0 aliphatic heterocycles. The number of aryl methyl sites for hydroxylation is 1. The number of hydrogen-bond donors (Lipinski definition) is 1. The van der Waals surface area contributed by atoms with Crippen molar-refractivity contribution in [1.29, 1.82) is 0 Å². The van der Waals surface area contributed by atoms with Gasteiger partial charge in [-0.25, -0.2) is 0 Å². The van der Waals surface area contributed by atoms with E-state index < -0.39 is 0 Å². The molecule has 0 fully saturated rings. The molecule has 0 atom stereocenters. The minimum absolute atomic E-state index is 0.228. The molecule has 1 N–H and O–H groups in total. The Morgan fingerprint density at radius 3 is 2.64 bits per heavy atom. The van der Waals surface area contributed by atoms with E-state index in [-0.39, 0.29) is 5.91 Å². The third kappa shape index (κ3) is 2.62. The summed E-state index contributed by atoms with van der Waals surface area (Å²) in [7, 11) is 1.58. The van der Waals surface area contributed by atoms with Gasteiger partial charge in [0.1, 0.15) is 16.9 Å². The molecule has 4 nitrogen and oxygen atoms in total. The van der Waals surface area contributed by atoms with Gasteiger partial charge in [0.2, 0.25) is 0 Å². The third-order valence-electron chi connectivity index (χ3n) is 4.25. The van der Waals surface area contributed by atoms with E-state index in [1.807, 2.05) is 61.5 Å². The molecule has 4 aromatic rings. The second-order valence-corrected chi connectivity index (χ2v) is 5.94. The first-order valence-corrected chi connectivity index (χ1v) is 8.03. The lowest BCUT2D eigenvalue weighted by molar-refractivity contribution is 0.102. The molecule has 25 heavy (non-hydrogen) atoms. The highest BCUT2D eigenvalue weighted by Crippen LogP contribution is 2.32. The van der Waals surface area contributed by atoms with Crippen LogP contribution in [-0.4, -0.2) is 13.0 Å². The van der Waals surface area contributed by atoms with Crippen molar-refractivity contribution >= 4 is 33.5 Å². The number of nitrogens with one attached hydrogen (secondary N) is 1. The second-order valence-electron chi connectivity index (χ2n) is 5.94. The smallest absolute Gasteiger partial charge is 0.259 e. The van der Waals surface area contributed by atoms with Gasteiger partial charge in [-0.15, -0.1) is 0 Å². The molecule has 0 saturated heterocycles. The summed E-state index contributed by atoms with van der Waals surface area (Å²) in [4.78, 5) is 12.9. The number of para-hydroxylation sites is 2. The van der Waals surface area contributed by atoms with E-state index in [2.05, 4.69) is 5.32 Å². The molecule has 0 bridgehead atoms. The lowest BCUT2D eigenvalue weighted by Gasteiger charge is -2.11. The molecule has 4 heteroatoms. The first kappa shape index (κ1) is 15.3. The zero-order valence-electron chi connectivity index (χ0n) is 14.0. The number of rotatable bonds is 3. The van der Waals surface area contributed by atoms with Crippen LogP contribution in [-0.2, 0) is 0 Å². The van der Waals surface area contributed by atoms with Crippen LogP contribution in [0.3, 0.4) is 0 Å². The van der Waals surface area contributed by atoms with Crippen molar-refractivity contribution in [3.05, 3.63) is 71.8 Å². The zero-order chi connectivity index (χ0) is 17.4. The fraction of sp³-hybridized carbons (Fsp3) is 0.0952. The molecule has 0 saturated carbocycles. The summed E-state index contributed by atoms with van der Waals surface area (Å²) in [6.07, 6.45) is 0. The highest BCUT2D eigenvalue weighted by atomic mass is 16.5. The fourth-order valence-corrected chi connectivity index (χ4v) is 3.04. The van der Waals surface area contributed by atoms with Crippen molar-refractivity contribution in [2.45, 2.75) is 6.92 Å². The Labute approximate surface area is 145 Å². The van der Waals surface area contributed by atoms with E-state index in [1.54, 1.807) is 13.2 Å². The van der Waals surface area contributed by atoms with Crippen molar-refractivity contribution < 1.29 is 13.9 Å². The largest absolute Gasteiger partial charge is 0.495 e. The summed E-state index contributed by atoms with van der Waals surface area (Å²) in [5.41, 5.74) is 3.54. The zero-order valence-corrected chi connectivity index (χ0v) is 14.0. The topological polar surface area (TPSA) is 51.5 Å². The third-order valence-corrected chi connectivity index (χ3v) is 4.25. The lowest BCUT2D eigenvalue weighted by Crippen LogP contribution is -2.13. The number of benzene rings is 3. The molecule has 1 heterocycles. The Morgan fingerprint density at radius 1 is 1.00 bits per heavy atom. The lowest BCUT2D eigenvalue weighted by atomic mass is 10.1. The van der Waals surface area contributed by atoms with E-state index in [9.17, 15) is 4.79 Å². The van der Waals surface area contributed by atoms with Crippen LogP contribution in [0.15, 0.2) is 65.1 Å². The summed E-state index contributed by atoms with van der Waals surface area (Å²) >= 11 is 0. The van der Waals surface area contributed by atoms with Crippen molar-refractivity contribution in [3.8, 4) is 5.75 Å². The van der Waals surface area contributed by atoms with Gasteiger partial charge in [0.25, 0.3) is 5.91 Å². The molecule has 0 spiro atoms. The van der Waals surface area contributed by atoms with Gasteiger partial charge in [0.15, 0.2) is 0 Å². The number of amides is 1. The second kappa shape index (κ2) is 5.98. The van der Waals surface area contributed by atoms with Gasteiger partial charge in [-0.3, -0.25) is 4.79 Å². The van der Waals surface area contributed by atoms with Crippen LogP contribution in [0.5, 0.6) is 5.75 Å². The number of methoxy groups -OCH3 is 1. The number of ether oxygens (including phenoxy) is 1.